The predicted octanol–water partition coefficient (Wildman–Crippen LogP) is 1.91. The molecule has 0 radical (unpaired) electrons. The smallest absolute Gasteiger partial charge is 0.253 e. The van der Waals surface area contributed by atoms with Crippen molar-refractivity contribution in [2.24, 2.45) is 7.05 Å². The first kappa shape index (κ1) is 11.0. The first-order chi connectivity index (χ1) is 7.59. The van der Waals surface area contributed by atoms with Gasteiger partial charge in [-0.15, -0.1) is 0 Å². The van der Waals surface area contributed by atoms with E-state index in [1.54, 1.807) is 32.6 Å². The lowest BCUT2D eigenvalue weighted by molar-refractivity contribution is 0.848. The number of aromatic nitrogens is 3. The summed E-state index contributed by atoms with van der Waals surface area (Å²) in [6.07, 6.45) is 5.05. The summed E-state index contributed by atoms with van der Waals surface area (Å²) in [6, 6.07) is 1.85. The number of hydrogen-bond donors (Lipinski definition) is 0. The minimum Gasteiger partial charge on any atom is -0.318 e. The summed E-state index contributed by atoms with van der Waals surface area (Å²) in [4.78, 5) is 20.1. The molecule has 0 bridgehead atoms. The molecular formula is C11H10BrN3O. The summed E-state index contributed by atoms with van der Waals surface area (Å²) >= 11 is 3.27. The normalized spacial score (nSPS) is 10.4. The molecule has 0 aliphatic heterocycles. The molecule has 2 aromatic rings. The van der Waals surface area contributed by atoms with Gasteiger partial charge in [-0.2, -0.15) is 0 Å². The summed E-state index contributed by atoms with van der Waals surface area (Å²) in [5.41, 5.74) is 1.41. The van der Waals surface area contributed by atoms with Crippen molar-refractivity contribution in [3.05, 3.63) is 45.0 Å². The molecule has 0 unspecified atom stereocenters. The first-order valence-corrected chi connectivity index (χ1v) is 5.53. The molecule has 4 nitrogen and oxygen atoms in total. The predicted molar refractivity (Wildman–Crippen MR) is 65.1 cm³/mol. The molecule has 0 N–H and O–H groups in total. The molecular weight excluding hydrogens is 270 g/mol. The van der Waals surface area contributed by atoms with Crippen molar-refractivity contribution >= 4 is 15.9 Å². The SMILES string of the molecule is Cc1c(-c2ncc(Br)cn2)ccn(C)c1=O. The fourth-order valence-corrected chi connectivity index (χ4v) is 1.66. The second-order valence-corrected chi connectivity index (χ2v) is 4.41. The molecule has 0 spiro atoms. The van der Waals surface area contributed by atoms with E-state index < -0.39 is 0 Å². The van der Waals surface area contributed by atoms with E-state index >= 15 is 0 Å². The Morgan fingerprint density at radius 3 is 2.56 bits per heavy atom. The van der Waals surface area contributed by atoms with Gasteiger partial charge in [-0.3, -0.25) is 4.79 Å². The fourth-order valence-electron chi connectivity index (χ4n) is 1.45. The van der Waals surface area contributed by atoms with Crippen LogP contribution < -0.4 is 5.56 Å². The van der Waals surface area contributed by atoms with Crippen molar-refractivity contribution in [3.63, 3.8) is 0 Å². The summed E-state index contributed by atoms with van der Waals surface area (Å²) in [5, 5.41) is 0. The molecule has 0 saturated carbocycles. The Labute approximate surface area is 101 Å². The van der Waals surface area contributed by atoms with Gasteiger partial charge >= 0.3 is 0 Å². The minimum atomic E-state index is -0.0241. The molecule has 0 atom stereocenters. The average molecular weight is 280 g/mol. The van der Waals surface area contributed by atoms with E-state index in [1.165, 1.54) is 4.57 Å². The third kappa shape index (κ3) is 1.90. The largest absolute Gasteiger partial charge is 0.318 e. The molecule has 5 heteroatoms. The van der Waals surface area contributed by atoms with Crippen LogP contribution in [-0.2, 0) is 7.05 Å². The summed E-state index contributed by atoms with van der Waals surface area (Å²) in [7, 11) is 1.72. The van der Waals surface area contributed by atoms with Crippen molar-refractivity contribution in [2.75, 3.05) is 0 Å². The highest BCUT2D eigenvalue weighted by molar-refractivity contribution is 9.10. The molecule has 0 aliphatic carbocycles. The van der Waals surface area contributed by atoms with E-state index in [2.05, 4.69) is 25.9 Å². The zero-order valence-electron chi connectivity index (χ0n) is 8.94. The van der Waals surface area contributed by atoms with E-state index in [1.807, 2.05) is 6.07 Å². The quantitative estimate of drug-likeness (QED) is 0.801. The van der Waals surface area contributed by atoms with Gasteiger partial charge in [0.2, 0.25) is 0 Å². The number of hydrogen-bond acceptors (Lipinski definition) is 3. The van der Waals surface area contributed by atoms with Gasteiger partial charge in [0, 0.05) is 36.8 Å². The highest BCUT2D eigenvalue weighted by Gasteiger charge is 2.08. The standard InChI is InChI=1S/C11H10BrN3O/c1-7-9(3-4-15(2)11(7)16)10-13-5-8(12)6-14-10/h3-6H,1-2H3. The van der Waals surface area contributed by atoms with Gasteiger partial charge in [-0.1, -0.05) is 0 Å². The molecule has 2 rings (SSSR count). The van der Waals surface area contributed by atoms with Crippen LogP contribution in [0.4, 0.5) is 0 Å². The Bertz CT molecular complexity index is 575. The maximum absolute atomic E-state index is 11.7. The van der Waals surface area contributed by atoms with Gasteiger partial charge in [0.1, 0.15) is 0 Å². The van der Waals surface area contributed by atoms with Crippen molar-refractivity contribution in [1.29, 1.82) is 0 Å². The monoisotopic (exact) mass is 279 g/mol. The van der Waals surface area contributed by atoms with Crippen molar-refractivity contribution in [1.82, 2.24) is 14.5 Å². The van der Waals surface area contributed by atoms with Gasteiger partial charge in [0.25, 0.3) is 5.56 Å². The Morgan fingerprint density at radius 1 is 1.31 bits per heavy atom. The van der Waals surface area contributed by atoms with Gasteiger partial charge in [0.05, 0.1) is 4.47 Å². The summed E-state index contributed by atoms with van der Waals surface area (Å²) in [5.74, 6) is 0.568. The van der Waals surface area contributed by atoms with Crippen LogP contribution in [0.25, 0.3) is 11.4 Å². The zero-order chi connectivity index (χ0) is 11.7. The van der Waals surface area contributed by atoms with Crippen LogP contribution >= 0.6 is 15.9 Å². The molecule has 0 fully saturated rings. The summed E-state index contributed by atoms with van der Waals surface area (Å²) < 4.78 is 2.36. The van der Waals surface area contributed by atoms with E-state index in [-0.39, 0.29) is 5.56 Å². The third-order valence-electron chi connectivity index (χ3n) is 2.37. The Morgan fingerprint density at radius 2 is 1.94 bits per heavy atom. The molecule has 0 amide bonds. The Kier molecular flexibility index (Phi) is 2.87. The second kappa shape index (κ2) is 4.17. The highest BCUT2D eigenvalue weighted by atomic mass is 79.9. The molecule has 2 heterocycles. The van der Waals surface area contributed by atoms with Crippen LogP contribution in [0.3, 0.4) is 0 Å². The van der Waals surface area contributed by atoms with Crippen LogP contribution in [0, 0.1) is 6.92 Å². The van der Waals surface area contributed by atoms with Crippen LogP contribution in [0.1, 0.15) is 5.56 Å². The van der Waals surface area contributed by atoms with Gasteiger partial charge in [-0.05, 0) is 28.9 Å². The number of aryl methyl sites for hydroxylation is 1. The van der Waals surface area contributed by atoms with E-state index in [0.29, 0.717) is 11.4 Å². The second-order valence-electron chi connectivity index (χ2n) is 3.50. The number of pyridine rings is 1. The number of nitrogens with zero attached hydrogens (tertiary/aromatic N) is 3. The van der Waals surface area contributed by atoms with Gasteiger partial charge in [0.15, 0.2) is 5.82 Å². The Hall–Kier alpha value is -1.49. The highest BCUT2D eigenvalue weighted by Crippen LogP contribution is 2.17. The van der Waals surface area contributed by atoms with Gasteiger partial charge in [-0.25, -0.2) is 9.97 Å². The summed E-state index contributed by atoms with van der Waals surface area (Å²) in [6.45, 7) is 1.78. The number of rotatable bonds is 1. The van der Waals surface area contributed by atoms with Crippen molar-refractivity contribution < 1.29 is 0 Å². The van der Waals surface area contributed by atoms with Crippen LogP contribution in [0.5, 0.6) is 0 Å². The molecule has 16 heavy (non-hydrogen) atoms. The topological polar surface area (TPSA) is 47.8 Å². The maximum atomic E-state index is 11.7. The van der Waals surface area contributed by atoms with E-state index in [9.17, 15) is 4.79 Å². The molecule has 0 aliphatic rings. The maximum Gasteiger partial charge on any atom is 0.253 e. The van der Waals surface area contributed by atoms with Gasteiger partial charge < -0.3 is 4.57 Å². The van der Waals surface area contributed by atoms with Crippen LogP contribution in [-0.4, -0.2) is 14.5 Å². The van der Waals surface area contributed by atoms with Crippen molar-refractivity contribution in [3.8, 4) is 11.4 Å². The lowest BCUT2D eigenvalue weighted by Crippen LogP contribution is -2.19. The average Bonchev–Trinajstić information content (AvgIpc) is 2.28. The number of halogens is 1. The molecule has 82 valence electrons. The fraction of sp³-hybridized carbons (Fsp3) is 0.182. The molecule has 0 aromatic carbocycles. The van der Waals surface area contributed by atoms with E-state index in [4.69, 9.17) is 0 Å². The first-order valence-electron chi connectivity index (χ1n) is 4.74. The molecule has 0 saturated heterocycles. The molecule has 2 aromatic heterocycles. The Balaban J connectivity index is 2.61. The van der Waals surface area contributed by atoms with Crippen LogP contribution in [0.15, 0.2) is 33.9 Å². The lowest BCUT2D eigenvalue weighted by Gasteiger charge is -2.05. The minimum absolute atomic E-state index is 0.0241. The van der Waals surface area contributed by atoms with Crippen LogP contribution in [0.2, 0.25) is 0 Å². The zero-order valence-corrected chi connectivity index (χ0v) is 10.5. The van der Waals surface area contributed by atoms with E-state index in [0.717, 1.165) is 10.0 Å². The third-order valence-corrected chi connectivity index (χ3v) is 2.78. The van der Waals surface area contributed by atoms with Crippen molar-refractivity contribution in [2.45, 2.75) is 6.92 Å². The lowest BCUT2D eigenvalue weighted by atomic mass is 10.1.